The number of benzene rings is 1. The molecule has 1 amide bonds. The number of anilines is 1. The Labute approximate surface area is 186 Å². The van der Waals surface area contributed by atoms with Crippen LogP contribution in [0.25, 0.3) is 5.52 Å². The topological polar surface area (TPSA) is 95.0 Å². The molecule has 1 fully saturated rings. The Morgan fingerprint density at radius 2 is 1.94 bits per heavy atom. The second kappa shape index (κ2) is 8.91. The van der Waals surface area contributed by atoms with Gasteiger partial charge in [-0.15, -0.1) is 0 Å². The van der Waals surface area contributed by atoms with Gasteiger partial charge in [-0.05, 0) is 37.3 Å². The van der Waals surface area contributed by atoms with Crippen LogP contribution in [0.4, 0.5) is 5.82 Å². The number of carbonyl (C=O) groups is 1. The second-order valence-corrected chi connectivity index (χ2v) is 7.31. The lowest BCUT2D eigenvalue weighted by atomic mass is 10.1. The normalized spacial score (nSPS) is 15.0. The number of hydrogen-bond donors (Lipinski definition) is 1. The number of aromatic nitrogens is 3. The van der Waals surface area contributed by atoms with E-state index < -0.39 is 0 Å². The highest BCUT2D eigenvalue weighted by atomic mass is 16.5. The number of nitrogens with zero attached hydrogens (tertiary/aromatic N) is 4. The quantitative estimate of drug-likeness (QED) is 0.641. The fourth-order valence-electron chi connectivity index (χ4n) is 3.81. The summed E-state index contributed by atoms with van der Waals surface area (Å²) in [5.41, 5.74) is 8.09. The highest BCUT2D eigenvalue weighted by Crippen LogP contribution is 2.29. The van der Waals surface area contributed by atoms with E-state index >= 15 is 0 Å². The lowest BCUT2D eigenvalue weighted by molar-refractivity contribution is -0.124. The minimum atomic E-state index is -0.163. The maximum absolute atomic E-state index is 12.2. The van der Waals surface area contributed by atoms with Gasteiger partial charge in [-0.3, -0.25) is 9.20 Å². The lowest BCUT2D eigenvalue weighted by Crippen LogP contribution is -2.27. The molecule has 0 bridgehead atoms. The monoisotopic (exact) mass is 429 g/mol. The molecule has 32 heavy (non-hydrogen) atoms. The molecule has 3 heterocycles. The number of likely N-dealkylation sites (tertiary alicyclic amines) is 1. The number of nitrogen functional groups attached to an aromatic ring is 1. The molecule has 8 heteroatoms. The van der Waals surface area contributed by atoms with Crippen LogP contribution in [0.5, 0.6) is 11.5 Å². The number of nitrogens with two attached hydrogens (primary N) is 1. The van der Waals surface area contributed by atoms with Crippen molar-refractivity contribution in [3.05, 3.63) is 47.7 Å². The fourth-order valence-corrected chi connectivity index (χ4v) is 3.81. The van der Waals surface area contributed by atoms with Crippen LogP contribution in [0.1, 0.15) is 36.3 Å². The average Bonchev–Trinajstić information content (AvgIpc) is 3.43. The van der Waals surface area contributed by atoms with E-state index in [-0.39, 0.29) is 11.8 Å². The first-order valence-corrected chi connectivity index (χ1v) is 10.1. The van der Waals surface area contributed by atoms with Gasteiger partial charge < -0.3 is 20.1 Å². The summed E-state index contributed by atoms with van der Waals surface area (Å²) in [6.45, 7) is 2.85. The zero-order valence-corrected chi connectivity index (χ0v) is 18.2. The summed E-state index contributed by atoms with van der Waals surface area (Å²) in [5.74, 6) is 13.9. The number of imidazole rings is 1. The molecular weight excluding hydrogens is 406 g/mol. The summed E-state index contributed by atoms with van der Waals surface area (Å²) in [4.78, 5) is 22.9. The number of hydrogen-bond acceptors (Lipinski definition) is 6. The van der Waals surface area contributed by atoms with Crippen LogP contribution in [0, 0.1) is 23.7 Å². The lowest BCUT2D eigenvalue weighted by Gasteiger charge is -2.12. The Balaban J connectivity index is 1.73. The number of methoxy groups -OCH3 is 2. The minimum Gasteiger partial charge on any atom is -0.497 e. The van der Waals surface area contributed by atoms with Gasteiger partial charge in [0.1, 0.15) is 28.5 Å². The molecule has 162 valence electrons. The first-order valence-electron chi connectivity index (χ1n) is 10.1. The maximum Gasteiger partial charge on any atom is 0.298 e. The average molecular weight is 429 g/mol. The van der Waals surface area contributed by atoms with Gasteiger partial charge in [-0.25, -0.2) is 9.97 Å². The third kappa shape index (κ3) is 4.03. The van der Waals surface area contributed by atoms with Crippen LogP contribution in [-0.2, 0) is 4.79 Å². The molecule has 0 aliphatic carbocycles. The molecule has 1 aromatic carbocycles. The third-order valence-electron chi connectivity index (χ3n) is 5.36. The van der Waals surface area contributed by atoms with Crippen LogP contribution in [0.15, 0.2) is 30.6 Å². The SMILES string of the molecule is CC#CC(=O)N1CCC(c2nc(C#Cc3cc(OC)cc(OC)c3)c3c(N)nccn23)C1. The van der Waals surface area contributed by atoms with E-state index in [4.69, 9.17) is 20.2 Å². The number of ether oxygens (including phenoxy) is 2. The number of rotatable bonds is 3. The van der Waals surface area contributed by atoms with Crippen molar-refractivity contribution in [2.75, 3.05) is 33.0 Å². The number of fused-ring (bicyclic) bond motifs is 1. The number of carbonyl (C=O) groups excluding carboxylic acids is 1. The third-order valence-corrected chi connectivity index (χ3v) is 5.36. The molecule has 2 aromatic heterocycles. The summed E-state index contributed by atoms with van der Waals surface area (Å²) in [6, 6.07) is 5.43. The summed E-state index contributed by atoms with van der Waals surface area (Å²) in [7, 11) is 3.19. The second-order valence-electron chi connectivity index (χ2n) is 7.31. The molecule has 0 radical (unpaired) electrons. The first-order chi connectivity index (χ1) is 15.5. The van der Waals surface area contributed by atoms with Crippen molar-refractivity contribution in [1.29, 1.82) is 0 Å². The molecule has 8 nitrogen and oxygen atoms in total. The zero-order chi connectivity index (χ0) is 22.7. The van der Waals surface area contributed by atoms with Crippen molar-refractivity contribution in [1.82, 2.24) is 19.3 Å². The van der Waals surface area contributed by atoms with Gasteiger partial charge in [-0.2, -0.15) is 0 Å². The molecule has 1 aliphatic heterocycles. The van der Waals surface area contributed by atoms with Crippen LogP contribution < -0.4 is 15.2 Å². The van der Waals surface area contributed by atoms with Crippen molar-refractivity contribution in [2.24, 2.45) is 0 Å². The molecule has 2 N–H and O–H groups in total. The van der Waals surface area contributed by atoms with Crippen LogP contribution in [0.2, 0.25) is 0 Å². The number of amides is 1. The van der Waals surface area contributed by atoms with Crippen LogP contribution in [0.3, 0.4) is 0 Å². The van der Waals surface area contributed by atoms with Gasteiger partial charge in [0.05, 0.1) is 14.2 Å². The Hall–Kier alpha value is -4.17. The van der Waals surface area contributed by atoms with E-state index in [1.165, 1.54) is 0 Å². The van der Waals surface area contributed by atoms with E-state index in [1.54, 1.807) is 38.3 Å². The molecule has 1 saturated heterocycles. The summed E-state index contributed by atoms with van der Waals surface area (Å²) in [5, 5.41) is 0. The molecule has 0 spiro atoms. The minimum absolute atomic E-state index is 0.0550. The van der Waals surface area contributed by atoms with Gasteiger partial charge in [-0.1, -0.05) is 11.8 Å². The summed E-state index contributed by atoms with van der Waals surface area (Å²) >= 11 is 0. The maximum atomic E-state index is 12.2. The Kier molecular flexibility index (Phi) is 5.87. The van der Waals surface area contributed by atoms with Crippen LogP contribution >= 0.6 is 0 Å². The van der Waals surface area contributed by atoms with Crippen molar-refractivity contribution in [2.45, 2.75) is 19.3 Å². The van der Waals surface area contributed by atoms with Gasteiger partial charge in [0.2, 0.25) is 0 Å². The Morgan fingerprint density at radius 1 is 1.19 bits per heavy atom. The molecular formula is C24H23N5O3. The predicted molar refractivity (Wildman–Crippen MR) is 120 cm³/mol. The van der Waals surface area contributed by atoms with Gasteiger partial charge >= 0.3 is 0 Å². The van der Waals surface area contributed by atoms with Crippen LogP contribution in [-0.4, -0.2) is 52.5 Å². The van der Waals surface area contributed by atoms with Crippen molar-refractivity contribution < 1.29 is 14.3 Å². The summed E-state index contributed by atoms with van der Waals surface area (Å²) < 4.78 is 12.6. The molecule has 1 unspecified atom stereocenters. The van der Waals surface area contributed by atoms with Gasteiger partial charge in [0.25, 0.3) is 5.91 Å². The predicted octanol–water partition coefficient (Wildman–Crippen LogP) is 2.07. The fraction of sp³-hybridized carbons (Fsp3) is 0.292. The highest BCUT2D eigenvalue weighted by molar-refractivity contribution is 5.93. The summed E-state index contributed by atoms with van der Waals surface area (Å²) in [6.07, 6.45) is 4.25. The molecule has 1 atom stereocenters. The standard InChI is InChI=1S/C24H23N5O3/c1-4-5-21(30)28-10-8-17(15-28)24-27-20(22-23(25)26-9-11-29(22)24)7-6-16-12-18(31-2)14-19(13-16)32-3/h9,11-14,17H,8,10,15H2,1-3H3,(H2,25,26). The Bertz CT molecular complexity index is 1280. The van der Waals surface area contributed by atoms with E-state index in [0.717, 1.165) is 17.8 Å². The zero-order valence-electron chi connectivity index (χ0n) is 18.2. The first kappa shape index (κ1) is 21.1. The smallest absolute Gasteiger partial charge is 0.298 e. The van der Waals surface area contributed by atoms with Crippen molar-refractivity contribution in [3.8, 4) is 35.2 Å². The van der Waals surface area contributed by atoms with Crippen molar-refractivity contribution in [3.63, 3.8) is 0 Å². The highest BCUT2D eigenvalue weighted by Gasteiger charge is 2.30. The molecule has 0 saturated carbocycles. The van der Waals surface area contributed by atoms with Gasteiger partial charge in [0.15, 0.2) is 5.82 Å². The van der Waals surface area contributed by atoms with Gasteiger partial charge in [0, 0.05) is 43.0 Å². The van der Waals surface area contributed by atoms with Crippen molar-refractivity contribution >= 4 is 17.2 Å². The molecule has 3 aromatic rings. The molecule has 1 aliphatic rings. The molecule has 4 rings (SSSR count). The Morgan fingerprint density at radius 3 is 2.62 bits per heavy atom. The van der Waals surface area contributed by atoms with E-state index in [0.29, 0.717) is 41.6 Å². The van der Waals surface area contributed by atoms with E-state index in [2.05, 4.69) is 28.7 Å². The van der Waals surface area contributed by atoms with E-state index in [9.17, 15) is 4.79 Å². The largest absolute Gasteiger partial charge is 0.497 e. The van der Waals surface area contributed by atoms with E-state index in [1.807, 2.05) is 22.7 Å².